The monoisotopic (exact) mass is 384 g/mol. The van der Waals surface area contributed by atoms with Gasteiger partial charge in [-0.05, 0) is 47.7 Å². The second kappa shape index (κ2) is 7.96. The van der Waals surface area contributed by atoms with E-state index >= 15 is 0 Å². The quantitative estimate of drug-likeness (QED) is 0.769. The fraction of sp³-hybridized carbons (Fsp3) is 0.105. The predicted octanol–water partition coefficient (Wildman–Crippen LogP) is 3.08. The van der Waals surface area contributed by atoms with E-state index in [1.807, 2.05) is 6.07 Å². The number of ether oxygens (including phenoxy) is 1. The van der Waals surface area contributed by atoms with Crippen LogP contribution in [-0.2, 0) is 9.59 Å². The van der Waals surface area contributed by atoms with Crippen molar-refractivity contribution in [2.45, 2.75) is 0 Å². The Hall–Kier alpha value is -3.26. The number of nitrogens with one attached hydrogen (secondary N) is 1. The summed E-state index contributed by atoms with van der Waals surface area (Å²) in [4.78, 5) is 37.8. The molecule has 1 aliphatic rings. The highest BCUT2D eigenvalue weighted by atomic mass is 32.2. The van der Waals surface area contributed by atoms with Crippen LogP contribution in [-0.4, -0.2) is 40.7 Å². The molecule has 7 nitrogen and oxygen atoms in total. The largest absolute Gasteiger partial charge is 0.504 e. The normalized spacial score (nSPS) is 15.3. The van der Waals surface area contributed by atoms with Gasteiger partial charge in [-0.15, -0.1) is 0 Å². The van der Waals surface area contributed by atoms with Crippen molar-refractivity contribution in [1.82, 2.24) is 4.90 Å². The van der Waals surface area contributed by atoms with Crippen LogP contribution in [0, 0.1) is 0 Å². The van der Waals surface area contributed by atoms with Gasteiger partial charge in [-0.3, -0.25) is 19.3 Å². The van der Waals surface area contributed by atoms with Crippen LogP contribution in [0.5, 0.6) is 11.5 Å². The predicted molar refractivity (Wildman–Crippen MR) is 102 cm³/mol. The number of amides is 3. The molecule has 2 aromatic rings. The molecule has 3 amide bonds. The number of nitrogens with zero attached hydrogens (tertiary/aromatic N) is 1. The van der Waals surface area contributed by atoms with Gasteiger partial charge in [0.1, 0.15) is 6.54 Å². The molecule has 0 spiro atoms. The van der Waals surface area contributed by atoms with Crippen molar-refractivity contribution in [2.24, 2.45) is 0 Å². The average Bonchev–Trinajstić information content (AvgIpc) is 2.91. The number of carbonyl (C=O) groups is 3. The molecule has 1 fully saturated rings. The van der Waals surface area contributed by atoms with Gasteiger partial charge in [-0.2, -0.15) is 0 Å². The maximum atomic E-state index is 12.5. The van der Waals surface area contributed by atoms with E-state index in [0.29, 0.717) is 11.3 Å². The molecule has 2 aromatic carbocycles. The highest BCUT2D eigenvalue weighted by Gasteiger charge is 2.36. The van der Waals surface area contributed by atoms with Crippen LogP contribution in [0.4, 0.5) is 10.5 Å². The molecule has 0 aromatic heterocycles. The third-order valence-corrected chi connectivity index (χ3v) is 4.64. The van der Waals surface area contributed by atoms with Crippen molar-refractivity contribution >= 4 is 40.6 Å². The van der Waals surface area contributed by atoms with Gasteiger partial charge in [0.2, 0.25) is 5.91 Å². The molecule has 2 N–H and O–H groups in total. The van der Waals surface area contributed by atoms with Crippen molar-refractivity contribution in [3.63, 3.8) is 0 Å². The summed E-state index contributed by atoms with van der Waals surface area (Å²) in [5.41, 5.74) is 1.17. The van der Waals surface area contributed by atoms with E-state index < -0.39 is 17.1 Å². The number of methoxy groups -OCH3 is 1. The smallest absolute Gasteiger partial charge is 0.294 e. The van der Waals surface area contributed by atoms with E-state index in [2.05, 4.69) is 5.32 Å². The lowest BCUT2D eigenvalue weighted by atomic mass is 10.2. The minimum atomic E-state index is -0.541. The van der Waals surface area contributed by atoms with Gasteiger partial charge in [0, 0.05) is 5.69 Å². The zero-order chi connectivity index (χ0) is 19.4. The fourth-order valence-electron chi connectivity index (χ4n) is 2.44. The lowest BCUT2D eigenvalue weighted by Gasteiger charge is -2.12. The number of phenols is 1. The van der Waals surface area contributed by atoms with Crippen LogP contribution >= 0.6 is 11.8 Å². The molecular formula is C19H16N2O5S. The number of imide groups is 1. The summed E-state index contributed by atoms with van der Waals surface area (Å²) in [5, 5.41) is 11.8. The first-order valence-electron chi connectivity index (χ1n) is 7.95. The third-order valence-electron chi connectivity index (χ3n) is 3.73. The highest BCUT2D eigenvalue weighted by molar-refractivity contribution is 8.18. The molecule has 138 valence electrons. The van der Waals surface area contributed by atoms with Crippen LogP contribution in [0.3, 0.4) is 0 Å². The lowest BCUT2D eigenvalue weighted by molar-refractivity contribution is -0.127. The second-order valence-electron chi connectivity index (χ2n) is 5.61. The molecule has 0 radical (unpaired) electrons. The van der Waals surface area contributed by atoms with E-state index in [4.69, 9.17) is 4.74 Å². The van der Waals surface area contributed by atoms with Gasteiger partial charge in [0.25, 0.3) is 11.1 Å². The van der Waals surface area contributed by atoms with Gasteiger partial charge in [-0.1, -0.05) is 24.3 Å². The number of aromatic hydroxyl groups is 1. The van der Waals surface area contributed by atoms with Crippen molar-refractivity contribution in [3.05, 3.63) is 59.0 Å². The van der Waals surface area contributed by atoms with Crippen LogP contribution in [0.2, 0.25) is 0 Å². The van der Waals surface area contributed by atoms with Gasteiger partial charge < -0.3 is 15.2 Å². The standard InChI is InChI=1S/C19H16N2O5S/c1-26-15-9-12(7-8-14(15)22)10-16-18(24)21(19(25)27-16)11-17(23)20-13-5-3-2-4-6-13/h2-10,22H,11H2,1H3,(H,20,23)/b16-10-. The van der Waals surface area contributed by atoms with Gasteiger partial charge in [0.05, 0.1) is 12.0 Å². The molecule has 0 saturated carbocycles. The maximum absolute atomic E-state index is 12.5. The number of hydrogen-bond donors (Lipinski definition) is 2. The minimum Gasteiger partial charge on any atom is -0.504 e. The first-order valence-corrected chi connectivity index (χ1v) is 8.77. The second-order valence-corrected chi connectivity index (χ2v) is 6.61. The lowest BCUT2D eigenvalue weighted by Crippen LogP contribution is -2.36. The number of carbonyl (C=O) groups excluding carboxylic acids is 3. The van der Waals surface area contributed by atoms with Crippen molar-refractivity contribution in [1.29, 1.82) is 0 Å². The summed E-state index contributed by atoms with van der Waals surface area (Å²) in [7, 11) is 1.41. The topological polar surface area (TPSA) is 95.9 Å². The van der Waals surface area contributed by atoms with Gasteiger partial charge >= 0.3 is 0 Å². The molecule has 3 rings (SSSR count). The Bertz CT molecular complexity index is 927. The Morgan fingerprint density at radius 1 is 1.22 bits per heavy atom. The zero-order valence-electron chi connectivity index (χ0n) is 14.3. The SMILES string of the molecule is COc1cc(/C=C2\SC(=O)N(CC(=O)Nc3ccccc3)C2=O)ccc1O. The Balaban J connectivity index is 1.72. The summed E-state index contributed by atoms with van der Waals surface area (Å²) >= 11 is 0.758. The summed E-state index contributed by atoms with van der Waals surface area (Å²) in [6.07, 6.45) is 1.52. The molecular weight excluding hydrogens is 368 g/mol. The molecule has 1 aliphatic heterocycles. The van der Waals surface area contributed by atoms with Crippen LogP contribution in [0.15, 0.2) is 53.4 Å². The molecule has 1 saturated heterocycles. The molecule has 0 unspecified atom stereocenters. The molecule has 0 bridgehead atoms. The van der Waals surface area contributed by atoms with E-state index in [1.54, 1.807) is 36.4 Å². The van der Waals surface area contributed by atoms with E-state index in [1.165, 1.54) is 19.3 Å². The summed E-state index contributed by atoms with van der Waals surface area (Å²) < 4.78 is 5.03. The number of anilines is 1. The molecule has 27 heavy (non-hydrogen) atoms. The number of hydrogen-bond acceptors (Lipinski definition) is 6. The number of thioether (sulfide) groups is 1. The highest BCUT2D eigenvalue weighted by Crippen LogP contribution is 2.34. The first-order chi connectivity index (χ1) is 13.0. The van der Waals surface area contributed by atoms with Crippen LogP contribution in [0.25, 0.3) is 6.08 Å². The average molecular weight is 384 g/mol. The minimum absolute atomic E-state index is 0.0275. The van der Waals surface area contributed by atoms with Gasteiger partial charge in [-0.25, -0.2) is 0 Å². The summed E-state index contributed by atoms with van der Waals surface area (Å²) in [6.45, 7) is -0.365. The molecule has 0 atom stereocenters. The van der Waals surface area contributed by atoms with Crippen molar-refractivity contribution < 1.29 is 24.2 Å². The van der Waals surface area contributed by atoms with Crippen LogP contribution < -0.4 is 10.1 Å². The first kappa shape index (κ1) is 18.5. The summed E-state index contributed by atoms with van der Waals surface area (Å²) in [5.74, 6) is -0.776. The molecule has 8 heteroatoms. The Kier molecular flexibility index (Phi) is 5.46. The zero-order valence-corrected chi connectivity index (χ0v) is 15.2. The fourth-order valence-corrected chi connectivity index (χ4v) is 3.28. The molecule has 0 aliphatic carbocycles. The number of rotatable bonds is 5. The van der Waals surface area contributed by atoms with E-state index in [0.717, 1.165) is 16.7 Å². The Morgan fingerprint density at radius 3 is 2.67 bits per heavy atom. The van der Waals surface area contributed by atoms with E-state index in [9.17, 15) is 19.5 Å². The Morgan fingerprint density at radius 2 is 1.96 bits per heavy atom. The summed E-state index contributed by atoms with van der Waals surface area (Å²) in [6, 6.07) is 13.3. The third kappa shape index (κ3) is 4.29. The number of phenolic OH excluding ortho intramolecular Hbond substituents is 1. The number of benzene rings is 2. The van der Waals surface area contributed by atoms with Gasteiger partial charge in [0.15, 0.2) is 11.5 Å². The van der Waals surface area contributed by atoms with Crippen molar-refractivity contribution in [2.75, 3.05) is 19.0 Å². The van der Waals surface area contributed by atoms with E-state index in [-0.39, 0.29) is 22.9 Å². The van der Waals surface area contributed by atoms with Crippen LogP contribution in [0.1, 0.15) is 5.56 Å². The molecule has 1 heterocycles. The van der Waals surface area contributed by atoms with Crippen molar-refractivity contribution in [3.8, 4) is 11.5 Å². The maximum Gasteiger partial charge on any atom is 0.294 e. The number of para-hydroxylation sites is 1. The Labute approximate surface area is 159 Å².